The average molecular weight is 432 g/mol. The first-order valence-corrected chi connectivity index (χ1v) is 8.08. The van der Waals surface area contributed by atoms with Gasteiger partial charge in [-0.3, -0.25) is 9.98 Å². The standard InChI is InChI=1S/C16H28N6.HI/c1-21-10-4-11-22(14-13-21)12-9-20-16(17)19-8-6-15-5-2-3-7-18-15;/h2-3,5,7H,4,6,8-14H2,1H3,(H3,17,19,20);1H. The second-order valence-electron chi connectivity index (χ2n) is 5.76. The lowest BCUT2D eigenvalue weighted by Crippen LogP contribution is -2.35. The molecule has 7 heteroatoms. The van der Waals surface area contributed by atoms with Crippen molar-refractivity contribution in [3.8, 4) is 0 Å². The lowest BCUT2D eigenvalue weighted by atomic mass is 10.3. The molecule has 1 aromatic rings. The van der Waals surface area contributed by atoms with Gasteiger partial charge in [0.25, 0.3) is 0 Å². The first-order valence-electron chi connectivity index (χ1n) is 8.08. The van der Waals surface area contributed by atoms with E-state index in [-0.39, 0.29) is 24.0 Å². The molecule has 0 aliphatic carbocycles. The molecule has 3 N–H and O–H groups in total. The highest BCUT2D eigenvalue weighted by Gasteiger charge is 2.10. The molecule has 0 spiro atoms. The van der Waals surface area contributed by atoms with E-state index in [1.807, 2.05) is 24.4 Å². The number of nitrogens with zero attached hydrogens (tertiary/aromatic N) is 4. The number of hydrogen-bond donors (Lipinski definition) is 2. The quantitative estimate of drug-likeness (QED) is 0.395. The van der Waals surface area contributed by atoms with Crippen LogP contribution >= 0.6 is 24.0 Å². The topological polar surface area (TPSA) is 69.8 Å². The molecule has 1 aliphatic rings. The third-order valence-corrected chi connectivity index (χ3v) is 3.92. The summed E-state index contributed by atoms with van der Waals surface area (Å²) in [6, 6.07) is 5.94. The van der Waals surface area contributed by atoms with Crippen LogP contribution in [-0.4, -0.2) is 73.6 Å². The molecular formula is C16H29IN6. The molecule has 0 saturated carbocycles. The molecule has 130 valence electrons. The summed E-state index contributed by atoms with van der Waals surface area (Å²) in [5.74, 6) is 0.530. The van der Waals surface area contributed by atoms with Gasteiger partial charge in [-0.25, -0.2) is 0 Å². The molecule has 1 saturated heterocycles. The molecule has 0 unspecified atom stereocenters. The molecular weight excluding hydrogens is 403 g/mol. The lowest BCUT2D eigenvalue weighted by Gasteiger charge is -2.18. The van der Waals surface area contributed by atoms with Gasteiger partial charge in [0.1, 0.15) is 0 Å². The largest absolute Gasteiger partial charge is 0.370 e. The SMILES string of the molecule is CN1CCCN(CCN=C(N)NCCc2ccccn2)CC1.I. The molecule has 1 aliphatic heterocycles. The van der Waals surface area contributed by atoms with Crippen LogP contribution in [0, 0.1) is 0 Å². The Morgan fingerprint density at radius 2 is 2.17 bits per heavy atom. The molecule has 0 amide bonds. The molecule has 0 aromatic carbocycles. The van der Waals surface area contributed by atoms with Crippen molar-refractivity contribution in [2.75, 3.05) is 52.9 Å². The van der Waals surface area contributed by atoms with Crippen LogP contribution in [0.15, 0.2) is 29.4 Å². The molecule has 1 fully saturated rings. The molecule has 2 rings (SSSR count). The lowest BCUT2D eigenvalue weighted by molar-refractivity contribution is 0.283. The van der Waals surface area contributed by atoms with Crippen molar-refractivity contribution >= 4 is 29.9 Å². The summed E-state index contributed by atoms with van der Waals surface area (Å²) >= 11 is 0. The van der Waals surface area contributed by atoms with E-state index in [1.54, 1.807) is 0 Å². The maximum absolute atomic E-state index is 5.90. The van der Waals surface area contributed by atoms with E-state index in [9.17, 15) is 0 Å². The number of aliphatic imine (C=N–C) groups is 1. The summed E-state index contributed by atoms with van der Waals surface area (Å²) in [4.78, 5) is 13.5. The third kappa shape index (κ3) is 8.47. The fourth-order valence-electron chi connectivity index (χ4n) is 2.56. The van der Waals surface area contributed by atoms with Crippen LogP contribution in [0.25, 0.3) is 0 Å². The number of halogens is 1. The summed E-state index contributed by atoms with van der Waals surface area (Å²) in [5.41, 5.74) is 6.96. The Labute approximate surface area is 156 Å². The Kier molecular flexibility index (Phi) is 10.1. The van der Waals surface area contributed by atoms with Gasteiger partial charge in [0.2, 0.25) is 0 Å². The van der Waals surface area contributed by atoms with Crippen LogP contribution in [0.1, 0.15) is 12.1 Å². The van der Waals surface area contributed by atoms with Crippen LogP contribution in [0.3, 0.4) is 0 Å². The van der Waals surface area contributed by atoms with E-state index in [0.29, 0.717) is 5.96 Å². The summed E-state index contributed by atoms with van der Waals surface area (Å²) in [6.45, 7) is 7.12. The maximum Gasteiger partial charge on any atom is 0.188 e. The molecule has 0 bridgehead atoms. The van der Waals surface area contributed by atoms with Crippen LogP contribution in [0.4, 0.5) is 0 Å². The number of hydrogen-bond acceptors (Lipinski definition) is 4. The van der Waals surface area contributed by atoms with Gasteiger partial charge in [-0.2, -0.15) is 0 Å². The smallest absolute Gasteiger partial charge is 0.188 e. The minimum Gasteiger partial charge on any atom is -0.370 e. The molecule has 2 heterocycles. The fourth-order valence-corrected chi connectivity index (χ4v) is 2.56. The minimum absolute atomic E-state index is 0. The second kappa shape index (κ2) is 11.6. The first-order chi connectivity index (χ1) is 10.7. The number of pyridine rings is 1. The monoisotopic (exact) mass is 432 g/mol. The van der Waals surface area contributed by atoms with Crippen molar-refractivity contribution in [2.45, 2.75) is 12.8 Å². The molecule has 23 heavy (non-hydrogen) atoms. The van der Waals surface area contributed by atoms with Crippen LogP contribution in [0.5, 0.6) is 0 Å². The van der Waals surface area contributed by atoms with Crippen molar-refractivity contribution in [3.63, 3.8) is 0 Å². The van der Waals surface area contributed by atoms with E-state index in [2.05, 4.69) is 32.1 Å². The summed E-state index contributed by atoms with van der Waals surface area (Å²) in [5, 5.41) is 3.15. The minimum atomic E-state index is 0. The van der Waals surface area contributed by atoms with Gasteiger partial charge < -0.3 is 20.9 Å². The number of guanidine groups is 1. The maximum atomic E-state index is 5.90. The highest BCUT2D eigenvalue weighted by atomic mass is 127. The van der Waals surface area contributed by atoms with Crippen LogP contribution in [0.2, 0.25) is 0 Å². The Morgan fingerprint density at radius 3 is 2.96 bits per heavy atom. The van der Waals surface area contributed by atoms with Crippen molar-refractivity contribution in [2.24, 2.45) is 10.7 Å². The van der Waals surface area contributed by atoms with E-state index in [0.717, 1.165) is 51.4 Å². The number of aromatic nitrogens is 1. The highest BCUT2D eigenvalue weighted by Crippen LogP contribution is 2.00. The Hall–Kier alpha value is -0.930. The third-order valence-electron chi connectivity index (χ3n) is 3.92. The zero-order chi connectivity index (χ0) is 15.6. The van der Waals surface area contributed by atoms with Crippen molar-refractivity contribution < 1.29 is 0 Å². The number of nitrogens with one attached hydrogen (secondary N) is 1. The Bertz CT molecular complexity index is 453. The zero-order valence-corrected chi connectivity index (χ0v) is 16.3. The second-order valence-corrected chi connectivity index (χ2v) is 5.76. The number of likely N-dealkylation sites (N-methyl/N-ethyl adjacent to an activating group) is 1. The van der Waals surface area contributed by atoms with Gasteiger partial charge in [0.05, 0.1) is 6.54 Å². The van der Waals surface area contributed by atoms with Gasteiger partial charge in [-0.15, -0.1) is 24.0 Å². The molecule has 0 atom stereocenters. The number of nitrogens with two attached hydrogens (primary N) is 1. The van der Waals surface area contributed by atoms with Gasteiger partial charge in [0, 0.05) is 44.5 Å². The van der Waals surface area contributed by atoms with Crippen molar-refractivity contribution in [3.05, 3.63) is 30.1 Å². The van der Waals surface area contributed by atoms with E-state index < -0.39 is 0 Å². The van der Waals surface area contributed by atoms with Gasteiger partial charge in [-0.05, 0) is 38.7 Å². The van der Waals surface area contributed by atoms with Crippen LogP contribution < -0.4 is 11.1 Å². The van der Waals surface area contributed by atoms with E-state index in [4.69, 9.17) is 5.73 Å². The van der Waals surface area contributed by atoms with E-state index >= 15 is 0 Å². The van der Waals surface area contributed by atoms with Gasteiger partial charge in [0.15, 0.2) is 5.96 Å². The van der Waals surface area contributed by atoms with Crippen LogP contribution in [-0.2, 0) is 6.42 Å². The Morgan fingerprint density at radius 1 is 1.30 bits per heavy atom. The first kappa shape index (κ1) is 20.1. The fraction of sp³-hybridized carbons (Fsp3) is 0.625. The predicted molar refractivity (Wildman–Crippen MR) is 106 cm³/mol. The average Bonchev–Trinajstić information content (AvgIpc) is 2.73. The molecule has 0 radical (unpaired) electrons. The highest BCUT2D eigenvalue weighted by molar-refractivity contribution is 14.0. The number of rotatable bonds is 6. The van der Waals surface area contributed by atoms with Gasteiger partial charge in [-0.1, -0.05) is 6.07 Å². The van der Waals surface area contributed by atoms with Crippen molar-refractivity contribution in [1.29, 1.82) is 0 Å². The summed E-state index contributed by atoms with van der Waals surface area (Å²) in [6.07, 6.45) is 3.90. The van der Waals surface area contributed by atoms with Gasteiger partial charge >= 0.3 is 0 Å². The normalized spacial score (nSPS) is 17.3. The molecule has 6 nitrogen and oxygen atoms in total. The van der Waals surface area contributed by atoms with E-state index in [1.165, 1.54) is 13.0 Å². The molecule has 1 aromatic heterocycles. The summed E-state index contributed by atoms with van der Waals surface area (Å²) in [7, 11) is 2.19. The Balaban J connectivity index is 0.00000264. The van der Waals surface area contributed by atoms with Crippen molar-refractivity contribution in [1.82, 2.24) is 20.1 Å². The predicted octanol–water partition coefficient (Wildman–Crippen LogP) is 0.784. The summed E-state index contributed by atoms with van der Waals surface area (Å²) < 4.78 is 0. The zero-order valence-electron chi connectivity index (χ0n) is 13.9.